The van der Waals surface area contributed by atoms with E-state index in [0.29, 0.717) is 37.7 Å². The fraction of sp³-hybridized carbons (Fsp3) is 0.826. The average Bonchev–Trinajstić information content (AvgIpc) is 0.774. The number of unbranched alkanes of at least 4 members (excludes halogenated alkanes) is 8. The first-order valence-corrected chi connectivity index (χ1v) is 34.9. The van der Waals surface area contributed by atoms with Crippen molar-refractivity contribution in [1.29, 1.82) is 0 Å². The Morgan fingerprint density at radius 3 is 1.77 bits per heavy atom. The molecule has 1 aromatic rings. The molecular weight excluding hydrogens is 1230 g/mol. The molecule has 1 aromatic carbocycles. The number of fused-ring (bicyclic) bond motifs is 3. The zero-order valence-corrected chi connectivity index (χ0v) is 56.5. The second kappa shape index (κ2) is 38.5. The molecule has 25 heteroatoms. The first kappa shape index (κ1) is 77.5. The monoisotopic (exact) mass is 1340 g/mol. The summed E-state index contributed by atoms with van der Waals surface area (Å²) in [6.45, 7) is 15.1. The lowest BCUT2D eigenvalue weighted by atomic mass is 9.95. The van der Waals surface area contributed by atoms with Gasteiger partial charge in [0.25, 0.3) is 0 Å². The molecule has 0 saturated carbocycles. The average molecular weight is 1340 g/mol. The van der Waals surface area contributed by atoms with Crippen LogP contribution in [0.1, 0.15) is 203 Å². The van der Waals surface area contributed by atoms with Crippen molar-refractivity contribution in [2.45, 2.75) is 357 Å². The van der Waals surface area contributed by atoms with Gasteiger partial charge in [-0.2, -0.15) is 0 Å². The van der Waals surface area contributed by atoms with Crippen LogP contribution in [0.15, 0.2) is 36.4 Å². The Morgan fingerprint density at radius 2 is 1.06 bits per heavy atom. The lowest BCUT2D eigenvalue weighted by Crippen LogP contribution is -2.68. The van der Waals surface area contributed by atoms with Gasteiger partial charge in [0.1, 0.15) is 67.1 Å². The van der Waals surface area contributed by atoms with Crippen LogP contribution in [0.3, 0.4) is 0 Å². The van der Waals surface area contributed by atoms with E-state index in [1.54, 1.807) is 58.0 Å². The molecule has 6 aliphatic rings. The van der Waals surface area contributed by atoms with Gasteiger partial charge in [-0.05, 0) is 71.9 Å². The van der Waals surface area contributed by atoms with Crippen molar-refractivity contribution in [3.05, 3.63) is 42.0 Å². The highest BCUT2D eigenvalue weighted by Crippen LogP contribution is 2.40. The van der Waals surface area contributed by atoms with Gasteiger partial charge in [-0.3, -0.25) is 14.4 Å². The Morgan fingerprint density at radius 1 is 0.500 bits per heavy atom. The SMILES string of the molecule is CCCCCCCCCC(=O)O[C@H]1[C@H](O[C@@H]2[C@H]3OC(=O)CCCCCCCCC[C@H](CCCCC)O[C@@H]4O[C@H](C)[C@H](O)[C@H](O)[C@H]4O[C@H](O[C@H]2C)[C@@H]3O)O[C@@H](C)[C@H](O[C@@H]2O[C@@H](C)[C@H](OC(=O)C(C)C)[C@@H](OC(=O)/C=C/c3ccccc3)[C@H]2O)[C@H]1O[C@@H]1O[C@@H](C)[C@H](O)[C@@H](O)[C@H]1O. The lowest BCUT2D eigenvalue weighted by molar-refractivity contribution is -0.399. The summed E-state index contributed by atoms with van der Waals surface area (Å²) < 4.78 is 89.4. The molecule has 0 amide bonds. The van der Waals surface area contributed by atoms with E-state index in [1.807, 2.05) is 0 Å². The first-order chi connectivity index (χ1) is 45.0. The maximum absolute atomic E-state index is 14.5. The molecule has 2 bridgehead atoms. The van der Waals surface area contributed by atoms with E-state index in [1.165, 1.54) is 26.8 Å². The zero-order valence-electron chi connectivity index (χ0n) is 56.5. The highest BCUT2D eigenvalue weighted by Gasteiger charge is 2.59. The molecule has 7 rings (SSSR count). The van der Waals surface area contributed by atoms with Crippen LogP contribution in [0.2, 0.25) is 0 Å². The smallest absolute Gasteiger partial charge is 0.331 e. The van der Waals surface area contributed by atoms with Gasteiger partial charge in [-0.1, -0.05) is 154 Å². The molecule has 0 radical (unpaired) electrons. The maximum atomic E-state index is 14.5. The van der Waals surface area contributed by atoms with E-state index in [0.717, 1.165) is 96.0 Å². The van der Waals surface area contributed by atoms with E-state index < -0.39 is 183 Å². The van der Waals surface area contributed by atoms with E-state index in [2.05, 4.69) is 13.8 Å². The number of aliphatic hydroxyl groups is 7. The highest BCUT2D eigenvalue weighted by molar-refractivity contribution is 5.87. The van der Waals surface area contributed by atoms with E-state index >= 15 is 0 Å². The van der Waals surface area contributed by atoms with E-state index in [9.17, 15) is 54.9 Å². The minimum atomic E-state index is -1.95. The fourth-order valence-electron chi connectivity index (χ4n) is 12.8. The summed E-state index contributed by atoms with van der Waals surface area (Å²) in [5, 5.41) is 81.6. The Kier molecular flexibility index (Phi) is 31.7. The van der Waals surface area contributed by atoms with Crippen LogP contribution in [0, 0.1) is 5.92 Å². The number of esters is 4. The molecule has 7 N–H and O–H groups in total. The summed E-state index contributed by atoms with van der Waals surface area (Å²) in [6.07, 6.45) is -20.6. The summed E-state index contributed by atoms with van der Waals surface area (Å²) in [5.41, 5.74) is 0.663. The molecule has 0 aliphatic carbocycles. The first-order valence-electron chi connectivity index (χ1n) is 34.9. The Hall–Kier alpha value is -3.84. The molecule has 6 saturated heterocycles. The van der Waals surface area contributed by atoms with Gasteiger partial charge in [-0.25, -0.2) is 4.79 Å². The van der Waals surface area contributed by atoms with Gasteiger partial charge in [0, 0.05) is 18.9 Å². The predicted molar refractivity (Wildman–Crippen MR) is 336 cm³/mol. The van der Waals surface area contributed by atoms with Crippen LogP contribution < -0.4 is 0 Å². The molecule has 26 atom stereocenters. The number of ether oxygens (including phenoxy) is 14. The molecule has 6 heterocycles. The molecule has 6 aliphatic heterocycles. The zero-order chi connectivity index (χ0) is 68.2. The van der Waals surface area contributed by atoms with Crippen LogP contribution in [0.4, 0.5) is 0 Å². The summed E-state index contributed by atoms with van der Waals surface area (Å²) >= 11 is 0. The molecule has 536 valence electrons. The predicted octanol–water partition coefficient (Wildman–Crippen LogP) is 6.42. The van der Waals surface area contributed by atoms with Crippen LogP contribution >= 0.6 is 0 Å². The van der Waals surface area contributed by atoms with Gasteiger partial charge in [0.2, 0.25) is 0 Å². The minimum Gasteiger partial charge on any atom is -0.456 e. The highest BCUT2D eigenvalue weighted by atomic mass is 16.8. The van der Waals surface area contributed by atoms with Crippen molar-refractivity contribution in [3.63, 3.8) is 0 Å². The summed E-state index contributed by atoms with van der Waals surface area (Å²) in [6, 6.07) is 8.88. The normalized spacial score (nSPS) is 39.1. The van der Waals surface area contributed by atoms with E-state index in [-0.39, 0.29) is 18.9 Å². The molecule has 0 unspecified atom stereocenters. The number of carbonyl (C=O) groups is 4. The fourth-order valence-corrected chi connectivity index (χ4v) is 12.8. The third-order valence-corrected chi connectivity index (χ3v) is 18.6. The molecule has 6 fully saturated rings. The van der Waals surface area contributed by atoms with E-state index in [4.69, 9.17) is 66.3 Å². The van der Waals surface area contributed by atoms with Crippen LogP contribution in [-0.4, -0.2) is 219 Å². The van der Waals surface area contributed by atoms with Gasteiger partial charge in [0.15, 0.2) is 55.9 Å². The third kappa shape index (κ3) is 21.8. The number of aliphatic hydroxyl groups excluding tert-OH is 7. The second-order valence-electron chi connectivity index (χ2n) is 26.6. The van der Waals surface area contributed by atoms with Crippen molar-refractivity contribution in [2.75, 3.05) is 0 Å². The van der Waals surface area contributed by atoms with Crippen molar-refractivity contribution in [1.82, 2.24) is 0 Å². The molecule has 25 nitrogen and oxygen atoms in total. The number of hydrogen-bond donors (Lipinski definition) is 7. The molecule has 0 aromatic heterocycles. The number of rotatable bonds is 24. The topological polar surface area (TPSA) is 339 Å². The Balaban J connectivity index is 1.26. The second-order valence-corrected chi connectivity index (χ2v) is 26.6. The largest absolute Gasteiger partial charge is 0.456 e. The van der Waals surface area contributed by atoms with Crippen molar-refractivity contribution < 1.29 is 121 Å². The summed E-state index contributed by atoms with van der Waals surface area (Å²) in [7, 11) is 0. The van der Waals surface area contributed by atoms with Gasteiger partial charge in [0.05, 0.1) is 42.5 Å². The van der Waals surface area contributed by atoms with Gasteiger partial charge in [-0.15, -0.1) is 0 Å². The number of hydrogen-bond acceptors (Lipinski definition) is 25. The van der Waals surface area contributed by atoms with Crippen molar-refractivity contribution in [2.24, 2.45) is 5.92 Å². The standard InChI is InChI=1S/C69H110O25/c1-10-12-14-15-17-21-29-35-47(71)89-63-62(94-65-53(77)51(75)49(73)39(5)81-65)58(91-66-54(78)59(56(41(7)83-66)90-64(80)38(3)4)88-48(72)37-36-44-30-25-23-26-31-44)43(9)85-69(63)92-57-42(8)84-67-55(79)60(57)87-46(70)34-28-22-19-16-18-20-27-33-45(32-24-13-11-2)86-68-61(93-67)52(76)50(74)40(6)82-68/h23,25-26,30-31,36-43,45,49-63,65-69,73-79H,10-22,24,27-29,32-35H2,1-9H3/b37-36+/t39-,40+,41-,42-,43-,45-,49-,50-,51+,52-,53+,54+,55+,56-,57-,58-,59-,60-,61+,62+,63+,65-,66-,67-,68-,69-/m0/s1. The lowest BCUT2D eigenvalue weighted by Gasteiger charge is -2.51. The summed E-state index contributed by atoms with van der Waals surface area (Å²) in [4.78, 5) is 55.5. The molecule has 0 spiro atoms. The quantitative estimate of drug-likeness (QED) is 0.0254. The molecule has 94 heavy (non-hydrogen) atoms. The van der Waals surface area contributed by atoms with Gasteiger partial charge >= 0.3 is 23.9 Å². The Bertz CT molecular complexity index is 2440. The molecular formula is C69H110O25. The van der Waals surface area contributed by atoms with Crippen LogP contribution in [0.5, 0.6) is 0 Å². The number of carbonyl (C=O) groups excluding carboxylic acids is 4. The Labute approximate surface area is 553 Å². The van der Waals surface area contributed by atoms with Crippen LogP contribution in [0.25, 0.3) is 6.08 Å². The summed E-state index contributed by atoms with van der Waals surface area (Å²) in [5.74, 6) is -3.72. The maximum Gasteiger partial charge on any atom is 0.331 e. The minimum absolute atomic E-state index is 0.0439. The number of benzene rings is 1. The van der Waals surface area contributed by atoms with Gasteiger partial charge < -0.3 is 102 Å². The van der Waals surface area contributed by atoms with Crippen LogP contribution in [-0.2, 0) is 85.5 Å². The van der Waals surface area contributed by atoms with Crippen molar-refractivity contribution in [3.8, 4) is 0 Å². The van der Waals surface area contributed by atoms with Crippen molar-refractivity contribution >= 4 is 30.0 Å². The third-order valence-electron chi connectivity index (χ3n) is 18.6.